The van der Waals surface area contributed by atoms with Crippen molar-refractivity contribution >= 4 is 17.2 Å². The molecule has 156 valence electrons. The number of hydrogen-bond donors (Lipinski definition) is 1. The highest BCUT2D eigenvalue weighted by Crippen LogP contribution is 2.15. The number of carbonyl (C=O) groups excluding carboxylic acids is 1. The Labute approximate surface area is 180 Å². The topological polar surface area (TPSA) is 48.5 Å². The molecule has 1 saturated heterocycles. The molecule has 0 spiro atoms. The predicted molar refractivity (Wildman–Crippen MR) is 117 cm³/mol. The van der Waals surface area contributed by atoms with Gasteiger partial charge in [0.25, 0.3) is 5.91 Å². The second kappa shape index (κ2) is 9.93. The number of aromatic nitrogens is 1. The van der Waals surface area contributed by atoms with Crippen molar-refractivity contribution < 1.29 is 9.18 Å². The maximum atomic E-state index is 13.2. The van der Waals surface area contributed by atoms with Crippen LogP contribution < -0.4 is 5.32 Å². The Kier molecular flexibility index (Phi) is 6.84. The maximum absolute atomic E-state index is 13.2. The van der Waals surface area contributed by atoms with Gasteiger partial charge in [-0.1, -0.05) is 42.5 Å². The molecule has 0 saturated carbocycles. The van der Waals surface area contributed by atoms with Gasteiger partial charge in [0, 0.05) is 44.6 Å². The minimum absolute atomic E-state index is 0.227. The number of nitrogens with zero attached hydrogens (tertiary/aromatic N) is 3. The maximum Gasteiger partial charge on any atom is 0.271 e. The molecular formula is C23H25FN4OS. The number of rotatable bonds is 7. The number of piperazine rings is 1. The molecule has 2 heterocycles. The number of benzene rings is 2. The third kappa shape index (κ3) is 5.72. The van der Waals surface area contributed by atoms with Crippen LogP contribution in [0.5, 0.6) is 0 Å². The molecule has 1 aromatic heterocycles. The summed E-state index contributed by atoms with van der Waals surface area (Å²) in [7, 11) is 0. The van der Waals surface area contributed by atoms with Crippen LogP contribution in [-0.2, 0) is 19.6 Å². The number of carbonyl (C=O) groups is 1. The SMILES string of the molecule is O=C(NCc1cccc(F)c1)c1csc(CN2CCN(Cc3ccccc3)CC2)n1. The van der Waals surface area contributed by atoms with Crippen LogP contribution in [-0.4, -0.2) is 46.9 Å². The summed E-state index contributed by atoms with van der Waals surface area (Å²) in [6.07, 6.45) is 0. The van der Waals surface area contributed by atoms with E-state index in [1.54, 1.807) is 17.5 Å². The first-order valence-electron chi connectivity index (χ1n) is 10.1. The van der Waals surface area contributed by atoms with Crippen molar-refractivity contribution in [2.75, 3.05) is 26.2 Å². The minimum Gasteiger partial charge on any atom is -0.347 e. The fraction of sp³-hybridized carbons (Fsp3) is 0.304. The van der Waals surface area contributed by atoms with E-state index >= 15 is 0 Å². The average molecular weight is 425 g/mol. The first-order valence-corrected chi connectivity index (χ1v) is 11.0. The minimum atomic E-state index is -0.304. The Balaban J connectivity index is 1.23. The molecular weight excluding hydrogens is 399 g/mol. The highest BCUT2D eigenvalue weighted by molar-refractivity contribution is 7.09. The summed E-state index contributed by atoms with van der Waals surface area (Å²) in [5, 5.41) is 5.55. The van der Waals surface area contributed by atoms with E-state index in [1.807, 2.05) is 6.07 Å². The van der Waals surface area contributed by atoms with E-state index in [0.717, 1.165) is 49.8 Å². The van der Waals surface area contributed by atoms with E-state index < -0.39 is 0 Å². The van der Waals surface area contributed by atoms with Crippen molar-refractivity contribution in [2.45, 2.75) is 19.6 Å². The zero-order valence-electron chi connectivity index (χ0n) is 16.8. The zero-order valence-corrected chi connectivity index (χ0v) is 17.6. The molecule has 1 aliphatic heterocycles. The van der Waals surface area contributed by atoms with E-state index in [2.05, 4.69) is 44.4 Å². The van der Waals surface area contributed by atoms with E-state index in [0.29, 0.717) is 5.69 Å². The molecule has 1 N–H and O–H groups in total. The fourth-order valence-electron chi connectivity index (χ4n) is 3.55. The summed E-state index contributed by atoms with van der Waals surface area (Å²) in [5.41, 5.74) is 2.50. The van der Waals surface area contributed by atoms with Crippen LogP contribution in [0.1, 0.15) is 26.6 Å². The van der Waals surface area contributed by atoms with Crippen LogP contribution in [0, 0.1) is 5.82 Å². The lowest BCUT2D eigenvalue weighted by molar-refractivity contribution is 0.0945. The molecule has 3 aromatic rings. The molecule has 0 bridgehead atoms. The van der Waals surface area contributed by atoms with Crippen molar-refractivity contribution in [1.82, 2.24) is 20.1 Å². The molecule has 0 aliphatic carbocycles. The van der Waals surface area contributed by atoms with Crippen molar-refractivity contribution in [3.63, 3.8) is 0 Å². The third-order valence-electron chi connectivity index (χ3n) is 5.20. The summed E-state index contributed by atoms with van der Waals surface area (Å²) in [6, 6.07) is 16.8. The van der Waals surface area contributed by atoms with Crippen LogP contribution in [0.2, 0.25) is 0 Å². The Bertz CT molecular complexity index is 970. The number of halogens is 1. The molecule has 0 unspecified atom stereocenters. The van der Waals surface area contributed by atoms with Crippen molar-refractivity contribution in [3.05, 3.63) is 87.6 Å². The second-order valence-corrected chi connectivity index (χ2v) is 8.42. The van der Waals surface area contributed by atoms with Gasteiger partial charge in [0.1, 0.15) is 16.5 Å². The molecule has 7 heteroatoms. The fourth-order valence-corrected chi connectivity index (χ4v) is 4.36. The first-order chi connectivity index (χ1) is 14.7. The summed E-state index contributed by atoms with van der Waals surface area (Å²) in [6.45, 7) is 6.08. The van der Waals surface area contributed by atoms with E-state index in [-0.39, 0.29) is 18.3 Å². The smallest absolute Gasteiger partial charge is 0.271 e. The van der Waals surface area contributed by atoms with Crippen LogP contribution in [0.3, 0.4) is 0 Å². The molecule has 4 rings (SSSR count). The van der Waals surface area contributed by atoms with Gasteiger partial charge in [-0.25, -0.2) is 9.37 Å². The number of nitrogens with one attached hydrogen (secondary N) is 1. The third-order valence-corrected chi connectivity index (χ3v) is 6.03. The number of thiazole rings is 1. The first kappa shape index (κ1) is 20.7. The molecule has 1 amide bonds. The highest BCUT2D eigenvalue weighted by atomic mass is 32.1. The van der Waals surface area contributed by atoms with Gasteiger partial charge in [0.05, 0.1) is 6.54 Å². The van der Waals surface area contributed by atoms with Crippen molar-refractivity contribution in [2.24, 2.45) is 0 Å². The molecule has 1 aliphatic rings. The van der Waals surface area contributed by atoms with Gasteiger partial charge in [-0.2, -0.15) is 0 Å². The second-order valence-electron chi connectivity index (χ2n) is 7.48. The van der Waals surface area contributed by atoms with Gasteiger partial charge < -0.3 is 5.32 Å². The standard InChI is InChI=1S/C23H25FN4OS/c24-20-8-4-7-19(13-20)14-25-23(29)21-17-30-22(26-21)16-28-11-9-27(10-12-28)15-18-5-2-1-3-6-18/h1-8,13,17H,9-12,14-16H2,(H,25,29). The monoisotopic (exact) mass is 424 g/mol. The van der Waals surface area contributed by atoms with Crippen molar-refractivity contribution in [1.29, 1.82) is 0 Å². The van der Waals surface area contributed by atoms with Gasteiger partial charge in [-0.05, 0) is 23.3 Å². The summed E-state index contributed by atoms with van der Waals surface area (Å²) in [5.74, 6) is -0.531. The molecule has 1 fully saturated rings. The van der Waals surface area contributed by atoms with Gasteiger partial charge in [-0.3, -0.25) is 14.6 Å². The quantitative estimate of drug-likeness (QED) is 0.630. The van der Waals surface area contributed by atoms with Gasteiger partial charge >= 0.3 is 0 Å². The van der Waals surface area contributed by atoms with Crippen LogP contribution in [0.15, 0.2) is 60.0 Å². The predicted octanol–water partition coefficient (Wildman–Crippen LogP) is 3.53. The normalized spacial score (nSPS) is 15.2. The largest absolute Gasteiger partial charge is 0.347 e. The van der Waals surface area contributed by atoms with Crippen LogP contribution >= 0.6 is 11.3 Å². The van der Waals surface area contributed by atoms with E-state index in [4.69, 9.17) is 0 Å². The lowest BCUT2D eigenvalue weighted by Crippen LogP contribution is -2.45. The Morgan fingerprint density at radius 3 is 2.40 bits per heavy atom. The molecule has 2 aromatic carbocycles. The summed E-state index contributed by atoms with van der Waals surface area (Å²) in [4.78, 5) is 21.7. The van der Waals surface area contributed by atoms with Crippen molar-refractivity contribution in [3.8, 4) is 0 Å². The Morgan fingerprint density at radius 2 is 1.67 bits per heavy atom. The average Bonchev–Trinajstić information content (AvgIpc) is 3.23. The summed E-state index contributed by atoms with van der Waals surface area (Å²) >= 11 is 1.51. The highest BCUT2D eigenvalue weighted by Gasteiger charge is 2.19. The van der Waals surface area contributed by atoms with Crippen LogP contribution in [0.4, 0.5) is 4.39 Å². The summed E-state index contributed by atoms with van der Waals surface area (Å²) < 4.78 is 13.2. The van der Waals surface area contributed by atoms with E-state index in [9.17, 15) is 9.18 Å². The zero-order chi connectivity index (χ0) is 20.8. The van der Waals surface area contributed by atoms with Gasteiger partial charge in [0.2, 0.25) is 0 Å². The Morgan fingerprint density at radius 1 is 0.967 bits per heavy atom. The molecule has 30 heavy (non-hydrogen) atoms. The molecule has 0 atom stereocenters. The number of hydrogen-bond acceptors (Lipinski definition) is 5. The lowest BCUT2D eigenvalue weighted by atomic mass is 10.2. The lowest BCUT2D eigenvalue weighted by Gasteiger charge is -2.34. The number of amides is 1. The van der Waals surface area contributed by atoms with Gasteiger partial charge in [0.15, 0.2) is 0 Å². The van der Waals surface area contributed by atoms with Gasteiger partial charge in [-0.15, -0.1) is 11.3 Å². The molecule has 0 radical (unpaired) electrons. The molecule has 5 nitrogen and oxygen atoms in total. The van der Waals surface area contributed by atoms with Crippen LogP contribution in [0.25, 0.3) is 0 Å². The Hall–Kier alpha value is -2.61. The van der Waals surface area contributed by atoms with E-state index in [1.165, 1.54) is 29.0 Å².